The first-order chi connectivity index (χ1) is 7.22. The summed E-state index contributed by atoms with van der Waals surface area (Å²) in [5.41, 5.74) is 1.41. The standard InChI is InChI=1S/C12H14O3/c1-4-5-9-8-10(14-2)6-7-11(9)12(13)15-3/h4,6-8H,1,5H2,2-3H3. The van der Waals surface area contributed by atoms with Crippen LogP contribution in [-0.2, 0) is 11.2 Å². The predicted octanol–water partition coefficient (Wildman–Crippen LogP) is 2.21. The minimum atomic E-state index is -0.338. The molecule has 1 aromatic carbocycles. The molecule has 0 saturated heterocycles. The zero-order valence-corrected chi connectivity index (χ0v) is 8.95. The SMILES string of the molecule is C=CCc1cc(OC)ccc1C(=O)OC. The first-order valence-electron chi connectivity index (χ1n) is 4.59. The van der Waals surface area contributed by atoms with Gasteiger partial charge in [-0.05, 0) is 30.2 Å². The van der Waals surface area contributed by atoms with Gasteiger partial charge in [0.15, 0.2) is 0 Å². The maximum absolute atomic E-state index is 11.4. The molecule has 0 radical (unpaired) electrons. The van der Waals surface area contributed by atoms with E-state index < -0.39 is 0 Å². The van der Waals surface area contributed by atoms with E-state index in [1.54, 1.807) is 25.3 Å². The van der Waals surface area contributed by atoms with Gasteiger partial charge < -0.3 is 9.47 Å². The van der Waals surface area contributed by atoms with Crippen molar-refractivity contribution in [3.8, 4) is 5.75 Å². The molecule has 0 atom stereocenters. The van der Waals surface area contributed by atoms with E-state index in [0.717, 1.165) is 11.3 Å². The smallest absolute Gasteiger partial charge is 0.338 e. The quantitative estimate of drug-likeness (QED) is 0.559. The van der Waals surface area contributed by atoms with Gasteiger partial charge in [-0.25, -0.2) is 4.79 Å². The second kappa shape index (κ2) is 5.20. The van der Waals surface area contributed by atoms with Gasteiger partial charge in [0.25, 0.3) is 0 Å². The zero-order chi connectivity index (χ0) is 11.3. The number of carbonyl (C=O) groups excluding carboxylic acids is 1. The molecule has 0 heterocycles. The summed E-state index contributed by atoms with van der Waals surface area (Å²) in [6, 6.07) is 5.25. The van der Waals surface area contributed by atoms with Crippen molar-refractivity contribution in [3.63, 3.8) is 0 Å². The monoisotopic (exact) mass is 206 g/mol. The zero-order valence-electron chi connectivity index (χ0n) is 8.95. The Bertz CT molecular complexity index is 369. The Labute approximate surface area is 89.3 Å². The summed E-state index contributed by atoms with van der Waals surface area (Å²) in [5.74, 6) is 0.383. The largest absolute Gasteiger partial charge is 0.497 e. The Morgan fingerprint density at radius 3 is 2.73 bits per heavy atom. The number of hydrogen-bond donors (Lipinski definition) is 0. The van der Waals surface area contributed by atoms with E-state index in [1.807, 2.05) is 6.07 Å². The van der Waals surface area contributed by atoms with Gasteiger partial charge >= 0.3 is 5.97 Å². The minimum absolute atomic E-state index is 0.338. The molecule has 0 aliphatic heterocycles. The number of ether oxygens (including phenoxy) is 2. The lowest BCUT2D eigenvalue weighted by Gasteiger charge is -2.08. The van der Waals surface area contributed by atoms with Crippen molar-refractivity contribution in [1.29, 1.82) is 0 Å². The van der Waals surface area contributed by atoms with Crippen molar-refractivity contribution >= 4 is 5.97 Å². The van der Waals surface area contributed by atoms with Crippen LogP contribution in [0.4, 0.5) is 0 Å². The Morgan fingerprint density at radius 2 is 2.20 bits per heavy atom. The fourth-order valence-corrected chi connectivity index (χ4v) is 1.33. The topological polar surface area (TPSA) is 35.5 Å². The first kappa shape index (κ1) is 11.3. The lowest BCUT2D eigenvalue weighted by Crippen LogP contribution is -2.05. The molecule has 80 valence electrons. The first-order valence-corrected chi connectivity index (χ1v) is 4.59. The van der Waals surface area contributed by atoms with Gasteiger partial charge in [-0.15, -0.1) is 6.58 Å². The highest BCUT2D eigenvalue weighted by Crippen LogP contribution is 2.19. The summed E-state index contributed by atoms with van der Waals surface area (Å²) in [5, 5.41) is 0. The van der Waals surface area contributed by atoms with Crippen LogP contribution in [0.25, 0.3) is 0 Å². The number of rotatable bonds is 4. The fraction of sp³-hybridized carbons (Fsp3) is 0.250. The summed E-state index contributed by atoms with van der Waals surface area (Å²) in [6.07, 6.45) is 2.35. The average Bonchev–Trinajstić information content (AvgIpc) is 2.28. The van der Waals surface area contributed by atoms with Crippen LogP contribution in [0.1, 0.15) is 15.9 Å². The molecule has 3 nitrogen and oxygen atoms in total. The highest BCUT2D eigenvalue weighted by atomic mass is 16.5. The molecule has 1 rings (SSSR count). The van der Waals surface area contributed by atoms with Gasteiger partial charge in [0.05, 0.1) is 19.8 Å². The van der Waals surface area contributed by atoms with Gasteiger partial charge in [0.2, 0.25) is 0 Å². The van der Waals surface area contributed by atoms with Gasteiger partial charge in [0.1, 0.15) is 5.75 Å². The highest BCUT2D eigenvalue weighted by molar-refractivity contribution is 5.91. The number of hydrogen-bond acceptors (Lipinski definition) is 3. The van der Waals surface area contributed by atoms with Gasteiger partial charge in [-0.2, -0.15) is 0 Å². The Hall–Kier alpha value is -1.77. The molecule has 0 aliphatic rings. The third kappa shape index (κ3) is 2.59. The second-order valence-corrected chi connectivity index (χ2v) is 3.01. The Morgan fingerprint density at radius 1 is 1.47 bits per heavy atom. The minimum Gasteiger partial charge on any atom is -0.497 e. The maximum Gasteiger partial charge on any atom is 0.338 e. The number of methoxy groups -OCH3 is 2. The van der Waals surface area contributed by atoms with E-state index in [9.17, 15) is 4.79 Å². The molecule has 15 heavy (non-hydrogen) atoms. The summed E-state index contributed by atoms with van der Waals surface area (Å²) in [4.78, 5) is 11.4. The molecular formula is C12H14O3. The molecule has 0 N–H and O–H groups in total. The third-order valence-corrected chi connectivity index (χ3v) is 2.08. The van der Waals surface area contributed by atoms with E-state index in [0.29, 0.717) is 12.0 Å². The highest BCUT2D eigenvalue weighted by Gasteiger charge is 2.11. The summed E-state index contributed by atoms with van der Waals surface area (Å²) in [6.45, 7) is 3.64. The van der Waals surface area contributed by atoms with Crippen LogP contribution in [0.15, 0.2) is 30.9 Å². The molecule has 3 heteroatoms. The summed E-state index contributed by atoms with van der Waals surface area (Å²) < 4.78 is 9.77. The average molecular weight is 206 g/mol. The van der Waals surface area contributed by atoms with Crippen molar-refractivity contribution in [3.05, 3.63) is 42.0 Å². The summed E-state index contributed by atoms with van der Waals surface area (Å²) in [7, 11) is 2.95. The van der Waals surface area contributed by atoms with Crippen LogP contribution in [0, 0.1) is 0 Å². The van der Waals surface area contributed by atoms with Gasteiger partial charge in [-0.1, -0.05) is 6.08 Å². The van der Waals surface area contributed by atoms with Gasteiger partial charge in [0, 0.05) is 0 Å². The van der Waals surface area contributed by atoms with Crippen LogP contribution in [0.5, 0.6) is 5.75 Å². The molecule has 0 spiro atoms. The van der Waals surface area contributed by atoms with E-state index in [1.165, 1.54) is 7.11 Å². The molecule has 0 aliphatic carbocycles. The van der Waals surface area contributed by atoms with E-state index >= 15 is 0 Å². The Kier molecular flexibility index (Phi) is 3.92. The molecule has 0 amide bonds. The number of benzene rings is 1. The molecule has 0 bridgehead atoms. The number of esters is 1. The molecular weight excluding hydrogens is 192 g/mol. The van der Waals surface area contributed by atoms with Crippen LogP contribution in [0.2, 0.25) is 0 Å². The molecule has 0 saturated carbocycles. The van der Waals surface area contributed by atoms with Crippen molar-refractivity contribution in [1.82, 2.24) is 0 Å². The van der Waals surface area contributed by atoms with E-state index in [2.05, 4.69) is 11.3 Å². The fourth-order valence-electron chi connectivity index (χ4n) is 1.33. The third-order valence-electron chi connectivity index (χ3n) is 2.08. The Balaban J connectivity index is 3.13. The normalized spacial score (nSPS) is 9.47. The molecule has 0 aromatic heterocycles. The molecule has 1 aromatic rings. The molecule has 0 fully saturated rings. The lowest BCUT2D eigenvalue weighted by atomic mass is 10.0. The summed E-state index contributed by atoms with van der Waals surface area (Å²) >= 11 is 0. The molecule has 0 unspecified atom stereocenters. The van der Waals surface area contributed by atoms with Crippen molar-refractivity contribution < 1.29 is 14.3 Å². The lowest BCUT2D eigenvalue weighted by molar-refractivity contribution is 0.0599. The van der Waals surface area contributed by atoms with Crippen LogP contribution in [-0.4, -0.2) is 20.2 Å². The maximum atomic E-state index is 11.4. The van der Waals surface area contributed by atoms with Crippen molar-refractivity contribution in [2.75, 3.05) is 14.2 Å². The van der Waals surface area contributed by atoms with Crippen molar-refractivity contribution in [2.24, 2.45) is 0 Å². The van der Waals surface area contributed by atoms with E-state index in [4.69, 9.17) is 4.74 Å². The van der Waals surface area contributed by atoms with Crippen molar-refractivity contribution in [2.45, 2.75) is 6.42 Å². The number of carbonyl (C=O) groups is 1. The predicted molar refractivity (Wildman–Crippen MR) is 58.2 cm³/mol. The number of allylic oxidation sites excluding steroid dienone is 1. The second-order valence-electron chi connectivity index (χ2n) is 3.01. The van der Waals surface area contributed by atoms with Crippen LogP contribution >= 0.6 is 0 Å². The van der Waals surface area contributed by atoms with Gasteiger partial charge in [-0.3, -0.25) is 0 Å². The van der Waals surface area contributed by atoms with Crippen LogP contribution < -0.4 is 4.74 Å². The van der Waals surface area contributed by atoms with Crippen LogP contribution in [0.3, 0.4) is 0 Å². The van der Waals surface area contributed by atoms with E-state index in [-0.39, 0.29) is 5.97 Å².